The molecule has 0 aliphatic heterocycles. The van der Waals surface area contributed by atoms with Crippen molar-refractivity contribution in [1.82, 2.24) is 5.32 Å². The second-order valence-electron chi connectivity index (χ2n) is 4.21. The van der Waals surface area contributed by atoms with Crippen LogP contribution in [0.1, 0.15) is 29.8 Å². The molecule has 0 fully saturated rings. The van der Waals surface area contributed by atoms with Crippen LogP contribution in [0.4, 0.5) is 0 Å². The Bertz CT molecular complexity index is 413. The van der Waals surface area contributed by atoms with Gasteiger partial charge in [0.1, 0.15) is 0 Å². The number of primary amides is 1. The van der Waals surface area contributed by atoms with Gasteiger partial charge in [0.05, 0.1) is 19.3 Å². The van der Waals surface area contributed by atoms with Gasteiger partial charge in [-0.25, -0.2) is 0 Å². The van der Waals surface area contributed by atoms with Gasteiger partial charge in [0.15, 0.2) is 0 Å². The molecule has 1 rings (SSSR count). The fourth-order valence-corrected chi connectivity index (χ4v) is 1.28. The standard InChI is InChI=1S/C13H18N2O3/c1-9(2)18-8-10-3-5-11(6-4-10)13(17)15-7-12(14)16/h3-6,9H,7-8H2,1-2H3,(H2,14,16)(H,15,17). The van der Waals surface area contributed by atoms with Gasteiger partial charge in [0.25, 0.3) is 5.91 Å². The van der Waals surface area contributed by atoms with Crippen LogP contribution in [0.25, 0.3) is 0 Å². The first-order chi connectivity index (χ1) is 8.49. The van der Waals surface area contributed by atoms with E-state index in [0.717, 1.165) is 5.56 Å². The van der Waals surface area contributed by atoms with Crippen molar-refractivity contribution in [3.05, 3.63) is 35.4 Å². The summed E-state index contributed by atoms with van der Waals surface area (Å²) >= 11 is 0. The van der Waals surface area contributed by atoms with Gasteiger partial charge in [0.2, 0.25) is 5.91 Å². The maximum absolute atomic E-state index is 11.6. The van der Waals surface area contributed by atoms with Gasteiger partial charge in [0, 0.05) is 5.56 Å². The predicted molar refractivity (Wildman–Crippen MR) is 67.9 cm³/mol. The molecule has 1 aromatic rings. The zero-order chi connectivity index (χ0) is 13.5. The van der Waals surface area contributed by atoms with E-state index in [2.05, 4.69) is 5.32 Å². The third kappa shape index (κ3) is 4.97. The largest absolute Gasteiger partial charge is 0.374 e. The lowest BCUT2D eigenvalue weighted by molar-refractivity contribution is -0.117. The van der Waals surface area contributed by atoms with Crippen molar-refractivity contribution in [2.24, 2.45) is 5.73 Å². The highest BCUT2D eigenvalue weighted by Gasteiger charge is 2.06. The highest BCUT2D eigenvalue weighted by atomic mass is 16.5. The van der Waals surface area contributed by atoms with E-state index in [4.69, 9.17) is 10.5 Å². The molecule has 0 aliphatic rings. The molecule has 0 saturated carbocycles. The molecule has 18 heavy (non-hydrogen) atoms. The number of nitrogens with two attached hydrogens (primary N) is 1. The predicted octanol–water partition coefficient (Wildman–Crippen LogP) is 0.827. The summed E-state index contributed by atoms with van der Waals surface area (Å²) in [4.78, 5) is 22.1. The van der Waals surface area contributed by atoms with Crippen LogP contribution >= 0.6 is 0 Å². The Morgan fingerprint density at radius 3 is 2.39 bits per heavy atom. The van der Waals surface area contributed by atoms with Crippen LogP contribution in [0.15, 0.2) is 24.3 Å². The molecule has 0 heterocycles. The summed E-state index contributed by atoms with van der Waals surface area (Å²) in [5.41, 5.74) is 6.43. The monoisotopic (exact) mass is 250 g/mol. The van der Waals surface area contributed by atoms with Crippen molar-refractivity contribution < 1.29 is 14.3 Å². The summed E-state index contributed by atoms with van der Waals surface area (Å²) in [6.45, 7) is 4.29. The molecule has 2 amide bonds. The number of hydrogen-bond acceptors (Lipinski definition) is 3. The normalized spacial score (nSPS) is 10.4. The van der Waals surface area contributed by atoms with E-state index in [1.807, 2.05) is 26.0 Å². The average Bonchev–Trinajstić information content (AvgIpc) is 2.34. The minimum absolute atomic E-state index is 0.156. The SMILES string of the molecule is CC(C)OCc1ccc(C(=O)NCC(N)=O)cc1. The Morgan fingerprint density at radius 2 is 1.89 bits per heavy atom. The van der Waals surface area contributed by atoms with E-state index < -0.39 is 5.91 Å². The van der Waals surface area contributed by atoms with E-state index in [-0.39, 0.29) is 18.6 Å². The average molecular weight is 250 g/mol. The first-order valence-corrected chi connectivity index (χ1v) is 5.76. The molecular formula is C13H18N2O3. The van der Waals surface area contributed by atoms with Crippen molar-refractivity contribution in [3.63, 3.8) is 0 Å². The Balaban J connectivity index is 2.53. The zero-order valence-corrected chi connectivity index (χ0v) is 10.6. The lowest BCUT2D eigenvalue weighted by Gasteiger charge is -2.08. The Kier molecular flexibility index (Phi) is 5.32. The summed E-state index contributed by atoms with van der Waals surface area (Å²) in [5.74, 6) is -0.879. The molecule has 0 aromatic heterocycles. The van der Waals surface area contributed by atoms with Crippen LogP contribution in [0.5, 0.6) is 0 Å². The Hall–Kier alpha value is -1.88. The van der Waals surface area contributed by atoms with Crippen molar-refractivity contribution >= 4 is 11.8 Å². The smallest absolute Gasteiger partial charge is 0.251 e. The summed E-state index contributed by atoms with van der Waals surface area (Å²) < 4.78 is 5.45. The third-order valence-electron chi connectivity index (χ3n) is 2.22. The second kappa shape index (κ2) is 6.76. The van der Waals surface area contributed by atoms with E-state index in [1.54, 1.807) is 12.1 Å². The molecular weight excluding hydrogens is 232 g/mol. The van der Waals surface area contributed by atoms with Crippen LogP contribution < -0.4 is 11.1 Å². The highest BCUT2D eigenvalue weighted by Crippen LogP contribution is 2.07. The Morgan fingerprint density at radius 1 is 1.28 bits per heavy atom. The van der Waals surface area contributed by atoms with Crippen LogP contribution in [0.2, 0.25) is 0 Å². The first kappa shape index (κ1) is 14.2. The molecule has 98 valence electrons. The minimum Gasteiger partial charge on any atom is -0.374 e. The number of ether oxygens (including phenoxy) is 1. The maximum atomic E-state index is 11.6. The van der Waals surface area contributed by atoms with Gasteiger partial charge in [-0.1, -0.05) is 12.1 Å². The number of rotatable bonds is 6. The van der Waals surface area contributed by atoms with Crippen molar-refractivity contribution in [2.75, 3.05) is 6.54 Å². The lowest BCUT2D eigenvalue weighted by Crippen LogP contribution is -2.33. The van der Waals surface area contributed by atoms with Gasteiger partial charge >= 0.3 is 0 Å². The summed E-state index contributed by atoms with van der Waals surface area (Å²) in [6.07, 6.45) is 0.170. The molecule has 0 bridgehead atoms. The summed E-state index contributed by atoms with van der Waals surface area (Å²) in [7, 11) is 0. The molecule has 0 saturated heterocycles. The van der Waals surface area contributed by atoms with Crippen molar-refractivity contribution in [3.8, 4) is 0 Å². The molecule has 1 aromatic carbocycles. The zero-order valence-electron chi connectivity index (χ0n) is 10.6. The number of amides is 2. The van der Waals surface area contributed by atoms with Crippen LogP contribution in [-0.4, -0.2) is 24.5 Å². The van der Waals surface area contributed by atoms with E-state index in [0.29, 0.717) is 12.2 Å². The highest BCUT2D eigenvalue weighted by molar-refractivity contribution is 5.96. The minimum atomic E-state index is -0.565. The molecule has 0 atom stereocenters. The molecule has 5 heteroatoms. The van der Waals surface area contributed by atoms with Crippen molar-refractivity contribution in [1.29, 1.82) is 0 Å². The summed E-state index contributed by atoms with van der Waals surface area (Å²) in [5, 5.41) is 2.42. The topological polar surface area (TPSA) is 81.4 Å². The van der Waals surface area contributed by atoms with Gasteiger partial charge < -0.3 is 15.8 Å². The number of nitrogens with one attached hydrogen (secondary N) is 1. The van der Waals surface area contributed by atoms with Gasteiger partial charge in [-0.3, -0.25) is 9.59 Å². The van der Waals surface area contributed by atoms with E-state index in [9.17, 15) is 9.59 Å². The van der Waals surface area contributed by atoms with Crippen LogP contribution in [0, 0.1) is 0 Å². The molecule has 0 radical (unpaired) electrons. The molecule has 0 unspecified atom stereocenters. The van der Waals surface area contributed by atoms with Gasteiger partial charge in [-0.05, 0) is 31.5 Å². The fraction of sp³-hybridized carbons (Fsp3) is 0.385. The second-order valence-corrected chi connectivity index (χ2v) is 4.21. The van der Waals surface area contributed by atoms with Crippen LogP contribution in [-0.2, 0) is 16.1 Å². The fourth-order valence-electron chi connectivity index (χ4n) is 1.28. The molecule has 3 N–H and O–H groups in total. The first-order valence-electron chi connectivity index (χ1n) is 5.76. The maximum Gasteiger partial charge on any atom is 0.251 e. The van der Waals surface area contributed by atoms with Crippen LogP contribution in [0.3, 0.4) is 0 Å². The number of carbonyl (C=O) groups excluding carboxylic acids is 2. The molecule has 0 aliphatic carbocycles. The summed E-state index contributed by atoms with van der Waals surface area (Å²) in [6, 6.07) is 7.02. The lowest BCUT2D eigenvalue weighted by atomic mass is 10.1. The molecule has 0 spiro atoms. The number of benzene rings is 1. The number of carbonyl (C=O) groups is 2. The van der Waals surface area contributed by atoms with Gasteiger partial charge in [-0.2, -0.15) is 0 Å². The van der Waals surface area contributed by atoms with E-state index in [1.165, 1.54) is 0 Å². The number of hydrogen-bond donors (Lipinski definition) is 2. The van der Waals surface area contributed by atoms with E-state index >= 15 is 0 Å². The third-order valence-corrected chi connectivity index (χ3v) is 2.22. The Labute approximate surface area is 106 Å². The molecule has 5 nitrogen and oxygen atoms in total. The quantitative estimate of drug-likeness (QED) is 0.784. The van der Waals surface area contributed by atoms with Gasteiger partial charge in [-0.15, -0.1) is 0 Å². The van der Waals surface area contributed by atoms with Crippen molar-refractivity contribution in [2.45, 2.75) is 26.6 Å².